The number of amides is 1. The third-order valence-corrected chi connectivity index (χ3v) is 3.76. The Bertz CT molecular complexity index is 689. The Kier molecular flexibility index (Phi) is 3.18. The topological polar surface area (TPSA) is 33.2 Å². The van der Waals surface area contributed by atoms with Crippen LogP contribution in [0.5, 0.6) is 0 Å². The molecule has 3 nitrogen and oxygen atoms in total. The molecule has 2 aromatic rings. The van der Waals surface area contributed by atoms with Gasteiger partial charge in [0, 0.05) is 11.7 Å². The van der Waals surface area contributed by atoms with Crippen molar-refractivity contribution in [3.63, 3.8) is 0 Å². The van der Waals surface area contributed by atoms with Crippen LogP contribution in [0, 0.1) is 5.82 Å². The Morgan fingerprint density at radius 3 is 3.00 bits per heavy atom. The molecular formula is C15H12ClFN2O. The average molecular weight is 291 g/mol. The highest BCUT2D eigenvalue weighted by atomic mass is 35.5. The third kappa shape index (κ3) is 2.06. The predicted molar refractivity (Wildman–Crippen MR) is 75.6 cm³/mol. The summed E-state index contributed by atoms with van der Waals surface area (Å²) in [6.45, 7) is 1.96. The first-order valence-corrected chi connectivity index (χ1v) is 6.68. The van der Waals surface area contributed by atoms with E-state index in [1.807, 2.05) is 31.2 Å². The number of rotatable bonds is 1. The van der Waals surface area contributed by atoms with E-state index in [2.05, 4.69) is 4.98 Å². The summed E-state index contributed by atoms with van der Waals surface area (Å²) in [7, 11) is 0. The number of halogens is 2. The molecule has 1 unspecified atom stereocenters. The molecule has 0 radical (unpaired) electrons. The molecule has 3 rings (SSSR count). The molecule has 0 aliphatic carbocycles. The van der Waals surface area contributed by atoms with Crippen LogP contribution in [0.2, 0.25) is 5.15 Å². The molecule has 0 saturated carbocycles. The molecule has 1 aliphatic rings. The minimum Gasteiger partial charge on any atom is -0.305 e. The van der Waals surface area contributed by atoms with Gasteiger partial charge in [-0.15, -0.1) is 0 Å². The van der Waals surface area contributed by atoms with E-state index >= 15 is 0 Å². The molecule has 0 bridgehead atoms. The highest BCUT2D eigenvalue weighted by molar-refractivity contribution is 6.33. The number of carbonyl (C=O) groups excluding carboxylic acids is 1. The number of hydrogen-bond acceptors (Lipinski definition) is 2. The molecular weight excluding hydrogens is 279 g/mol. The second-order valence-electron chi connectivity index (χ2n) is 4.85. The van der Waals surface area contributed by atoms with E-state index in [0.717, 1.165) is 29.9 Å². The van der Waals surface area contributed by atoms with Gasteiger partial charge in [0.05, 0.1) is 11.8 Å². The number of nitrogens with zero attached hydrogens (tertiary/aromatic N) is 2. The fraction of sp³-hybridized carbons (Fsp3) is 0.200. The molecule has 102 valence electrons. The molecule has 1 amide bonds. The van der Waals surface area contributed by atoms with Gasteiger partial charge < -0.3 is 4.90 Å². The number of benzene rings is 1. The van der Waals surface area contributed by atoms with Gasteiger partial charge in [-0.3, -0.25) is 4.79 Å². The summed E-state index contributed by atoms with van der Waals surface area (Å²) >= 11 is 5.92. The number of carbonyl (C=O) groups is 1. The van der Waals surface area contributed by atoms with E-state index < -0.39 is 5.82 Å². The van der Waals surface area contributed by atoms with Crippen LogP contribution in [0.3, 0.4) is 0 Å². The van der Waals surface area contributed by atoms with Gasteiger partial charge in [-0.05, 0) is 31.0 Å². The highest BCUT2D eigenvalue weighted by Crippen LogP contribution is 2.33. The Labute approximate surface area is 121 Å². The Morgan fingerprint density at radius 1 is 1.45 bits per heavy atom. The zero-order valence-corrected chi connectivity index (χ0v) is 11.6. The van der Waals surface area contributed by atoms with Crippen molar-refractivity contribution in [2.75, 3.05) is 4.90 Å². The van der Waals surface area contributed by atoms with Gasteiger partial charge in [0.2, 0.25) is 0 Å². The minimum absolute atomic E-state index is 0.0132. The van der Waals surface area contributed by atoms with Gasteiger partial charge in [0.15, 0.2) is 0 Å². The fourth-order valence-electron chi connectivity index (χ4n) is 2.58. The first-order chi connectivity index (χ1) is 9.58. The van der Waals surface area contributed by atoms with E-state index in [1.165, 1.54) is 0 Å². The Balaban J connectivity index is 2.05. The summed E-state index contributed by atoms with van der Waals surface area (Å²) < 4.78 is 13.3. The molecule has 0 N–H and O–H groups in total. The van der Waals surface area contributed by atoms with Crippen LogP contribution >= 0.6 is 11.6 Å². The summed E-state index contributed by atoms with van der Waals surface area (Å²) in [4.78, 5) is 18.0. The fourth-order valence-corrected chi connectivity index (χ4v) is 2.76. The average Bonchev–Trinajstić information content (AvgIpc) is 2.76. The van der Waals surface area contributed by atoms with Gasteiger partial charge >= 0.3 is 0 Å². The molecule has 1 aromatic heterocycles. The van der Waals surface area contributed by atoms with Gasteiger partial charge in [-0.2, -0.15) is 0 Å². The molecule has 20 heavy (non-hydrogen) atoms. The van der Waals surface area contributed by atoms with Crippen LogP contribution < -0.4 is 4.90 Å². The van der Waals surface area contributed by atoms with E-state index in [9.17, 15) is 9.18 Å². The van der Waals surface area contributed by atoms with Gasteiger partial charge in [-0.25, -0.2) is 9.37 Å². The number of aromatic nitrogens is 1. The van der Waals surface area contributed by atoms with Crippen molar-refractivity contribution in [3.8, 4) is 0 Å². The van der Waals surface area contributed by atoms with Gasteiger partial charge in [0.25, 0.3) is 5.91 Å². The number of pyridine rings is 1. The summed E-state index contributed by atoms with van der Waals surface area (Å²) in [5.74, 6) is -0.891. The standard InChI is InChI=1S/C15H12ClFN2O/c1-9-6-10-4-2-3-5-13(10)19(9)15(20)12-7-11(17)8-18-14(12)16/h2-5,7-9H,6H2,1H3. The van der Waals surface area contributed by atoms with Crippen molar-refractivity contribution in [2.45, 2.75) is 19.4 Å². The maximum atomic E-state index is 13.3. The summed E-state index contributed by atoms with van der Waals surface area (Å²) in [6.07, 6.45) is 1.78. The molecule has 5 heteroatoms. The highest BCUT2D eigenvalue weighted by Gasteiger charge is 2.32. The zero-order chi connectivity index (χ0) is 14.3. The maximum absolute atomic E-state index is 13.3. The molecule has 0 saturated heterocycles. The zero-order valence-electron chi connectivity index (χ0n) is 10.8. The second-order valence-corrected chi connectivity index (χ2v) is 5.21. The number of hydrogen-bond donors (Lipinski definition) is 0. The second kappa shape index (κ2) is 4.87. The lowest BCUT2D eigenvalue weighted by molar-refractivity contribution is 0.0981. The monoisotopic (exact) mass is 290 g/mol. The van der Waals surface area contributed by atoms with Crippen LogP contribution in [0.1, 0.15) is 22.8 Å². The lowest BCUT2D eigenvalue weighted by Gasteiger charge is -2.23. The van der Waals surface area contributed by atoms with Crippen molar-refractivity contribution in [2.24, 2.45) is 0 Å². The Morgan fingerprint density at radius 2 is 2.20 bits per heavy atom. The van der Waals surface area contributed by atoms with E-state index in [1.54, 1.807) is 4.90 Å². The largest absolute Gasteiger partial charge is 0.305 e. The lowest BCUT2D eigenvalue weighted by Crippen LogP contribution is -2.36. The number of anilines is 1. The van der Waals surface area contributed by atoms with Crippen LogP contribution in [-0.4, -0.2) is 16.9 Å². The molecule has 1 aliphatic heterocycles. The normalized spacial score (nSPS) is 17.1. The smallest absolute Gasteiger partial charge is 0.261 e. The van der Waals surface area contributed by atoms with Crippen molar-refractivity contribution in [1.29, 1.82) is 0 Å². The summed E-state index contributed by atoms with van der Waals surface area (Å²) in [6, 6.07) is 8.84. The van der Waals surface area contributed by atoms with Crippen LogP contribution in [0.25, 0.3) is 0 Å². The molecule has 2 heterocycles. The molecule has 1 aromatic carbocycles. The van der Waals surface area contributed by atoms with E-state index in [-0.39, 0.29) is 22.7 Å². The first-order valence-electron chi connectivity index (χ1n) is 6.30. The lowest BCUT2D eigenvalue weighted by atomic mass is 10.1. The minimum atomic E-state index is -0.571. The quantitative estimate of drug-likeness (QED) is 0.754. The van der Waals surface area contributed by atoms with E-state index in [4.69, 9.17) is 11.6 Å². The van der Waals surface area contributed by atoms with Crippen LogP contribution in [0.15, 0.2) is 36.5 Å². The van der Waals surface area contributed by atoms with E-state index in [0.29, 0.717) is 0 Å². The van der Waals surface area contributed by atoms with Crippen molar-refractivity contribution in [3.05, 3.63) is 58.6 Å². The number of para-hydroxylation sites is 1. The third-order valence-electron chi connectivity index (χ3n) is 3.46. The van der Waals surface area contributed by atoms with Crippen molar-refractivity contribution >= 4 is 23.2 Å². The summed E-state index contributed by atoms with van der Waals surface area (Å²) in [5.41, 5.74) is 2.05. The van der Waals surface area contributed by atoms with Gasteiger partial charge in [0.1, 0.15) is 11.0 Å². The van der Waals surface area contributed by atoms with Crippen LogP contribution in [0.4, 0.5) is 10.1 Å². The maximum Gasteiger partial charge on any atom is 0.261 e. The number of fused-ring (bicyclic) bond motifs is 1. The van der Waals surface area contributed by atoms with Gasteiger partial charge in [-0.1, -0.05) is 29.8 Å². The molecule has 1 atom stereocenters. The Hall–Kier alpha value is -1.94. The van der Waals surface area contributed by atoms with Crippen molar-refractivity contribution in [1.82, 2.24) is 4.98 Å². The molecule has 0 spiro atoms. The predicted octanol–water partition coefficient (Wildman–Crippen LogP) is 3.47. The first kappa shape index (κ1) is 13.1. The molecule has 0 fully saturated rings. The summed E-state index contributed by atoms with van der Waals surface area (Å²) in [5, 5.41) is 0.0213. The van der Waals surface area contributed by atoms with Crippen molar-refractivity contribution < 1.29 is 9.18 Å². The SMILES string of the molecule is CC1Cc2ccccc2N1C(=O)c1cc(F)cnc1Cl. The van der Waals surface area contributed by atoms with Crippen LogP contribution in [-0.2, 0) is 6.42 Å².